The zero-order valence-corrected chi connectivity index (χ0v) is 20.7. The third-order valence-corrected chi connectivity index (χ3v) is 7.61. The molecule has 10 heteroatoms. The molecular weight excluding hydrogens is 480 g/mol. The highest BCUT2D eigenvalue weighted by Crippen LogP contribution is 2.53. The van der Waals surface area contributed by atoms with Gasteiger partial charge in [-0.05, 0) is 20.8 Å². The molecule has 1 saturated heterocycles. The van der Waals surface area contributed by atoms with Gasteiger partial charge in [0.2, 0.25) is 0 Å². The quantitative estimate of drug-likeness (QED) is 0.152. The number of halogens is 1. The molecule has 3 rings (SSSR count). The second-order valence-electron chi connectivity index (χ2n) is 9.12. The number of aliphatic hydroxyl groups is 3. The fourth-order valence-electron chi connectivity index (χ4n) is 5.29. The van der Waals surface area contributed by atoms with Crippen molar-refractivity contribution in [1.82, 2.24) is 0 Å². The molecule has 0 aromatic rings. The molecule has 2 aliphatic carbocycles. The van der Waals surface area contributed by atoms with E-state index in [2.05, 4.69) is 6.58 Å². The van der Waals surface area contributed by atoms with Gasteiger partial charge >= 0.3 is 17.9 Å². The second-order valence-corrected chi connectivity index (χ2v) is 9.39. The average molecular weight is 511 g/mol. The van der Waals surface area contributed by atoms with Gasteiger partial charge in [-0.3, -0.25) is 0 Å². The minimum absolute atomic E-state index is 0.0223. The van der Waals surface area contributed by atoms with Gasteiger partial charge in [0.25, 0.3) is 0 Å². The van der Waals surface area contributed by atoms with Crippen LogP contribution in [0, 0.1) is 17.8 Å². The van der Waals surface area contributed by atoms with Crippen molar-refractivity contribution in [2.45, 2.75) is 51.1 Å². The van der Waals surface area contributed by atoms with Gasteiger partial charge in [0.15, 0.2) is 0 Å². The maximum Gasteiger partial charge on any atom is 0.337 e. The number of fused-ring (bicyclic) bond motifs is 3. The van der Waals surface area contributed by atoms with Crippen molar-refractivity contribution in [1.29, 1.82) is 0 Å². The Morgan fingerprint density at radius 1 is 1.26 bits per heavy atom. The Morgan fingerprint density at radius 2 is 1.91 bits per heavy atom. The predicted molar refractivity (Wildman–Crippen MR) is 125 cm³/mol. The first-order chi connectivity index (χ1) is 16.5. The van der Waals surface area contributed by atoms with E-state index in [0.29, 0.717) is 0 Å². The van der Waals surface area contributed by atoms with Crippen molar-refractivity contribution in [3.63, 3.8) is 0 Å². The number of hydrogen-bond donors (Lipinski definition) is 3. The minimum Gasteiger partial charge on any atom is -0.458 e. The number of ether oxygens (including phenoxy) is 3. The van der Waals surface area contributed by atoms with Crippen LogP contribution in [0.3, 0.4) is 0 Å². The summed E-state index contributed by atoms with van der Waals surface area (Å²) in [6.45, 7) is 7.83. The van der Waals surface area contributed by atoms with Crippen LogP contribution in [0.5, 0.6) is 0 Å². The fraction of sp³-hybridized carbons (Fsp3) is 0.560. The lowest BCUT2D eigenvalue weighted by atomic mass is 9.75. The molecule has 0 bridgehead atoms. The van der Waals surface area contributed by atoms with Crippen molar-refractivity contribution in [3.05, 3.63) is 47.1 Å². The largest absolute Gasteiger partial charge is 0.458 e. The van der Waals surface area contributed by atoms with Crippen molar-refractivity contribution in [3.8, 4) is 0 Å². The molecule has 2 fully saturated rings. The summed E-state index contributed by atoms with van der Waals surface area (Å²) in [5.41, 5.74) is -0.728. The van der Waals surface area contributed by atoms with Gasteiger partial charge in [-0.25, -0.2) is 14.4 Å². The second kappa shape index (κ2) is 10.7. The summed E-state index contributed by atoms with van der Waals surface area (Å²) < 4.78 is 16.5. The van der Waals surface area contributed by atoms with E-state index in [-0.39, 0.29) is 29.0 Å². The Morgan fingerprint density at radius 3 is 2.49 bits per heavy atom. The first-order valence-electron chi connectivity index (χ1n) is 11.4. The Balaban J connectivity index is 1.88. The van der Waals surface area contributed by atoms with Gasteiger partial charge < -0.3 is 29.5 Å². The third-order valence-electron chi connectivity index (χ3n) is 7.15. The first kappa shape index (κ1) is 27.1. The molecule has 1 heterocycles. The fourth-order valence-corrected chi connectivity index (χ4v) is 5.58. The molecule has 7 unspecified atom stereocenters. The minimum atomic E-state index is -1.63. The predicted octanol–water partition coefficient (Wildman–Crippen LogP) is 1.35. The molecule has 0 aromatic heterocycles. The summed E-state index contributed by atoms with van der Waals surface area (Å²) in [7, 11) is 0. The van der Waals surface area contributed by atoms with Crippen LogP contribution in [-0.4, -0.2) is 76.2 Å². The Bertz CT molecular complexity index is 997. The van der Waals surface area contributed by atoms with Gasteiger partial charge in [0.1, 0.15) is 18.8 Å². The van der Waals surface area contributed by atoms with Crippen LogP contribution < -0.4 is 0 Å². The number of aliphatic hydroxyl groups excluding tert-OH is 2. The SMILES string of the molecule is C=C1C(=O)OC2C1C(OC(=O)C(=CC)COC(=O)C(=CC)CO)CC(O)(CCl)C1C(O)C=C(C)C21. The molecule has 0 amide bonds. The Kier molecular flexibility index (Phi) is 8.26. The zero-order chi connectivity index (χ0) is 26.1. The van der Waals surface area contributed by atoms with Crippen LogP contribution in [0.25, 0.3) is 0 Å². The summed E-state index contributed by atoms with van der Waals surface area (Å²) in [4.78, 5) is 37.5. The molecule has 3 aliphatic rings. The lowest BCUT2D eigenvalue weighted by Crippen LogP contribution is -2.49. The van der Waals surface area contributed by atoms with Crippen LogP contribution in [0.2, 0.25) is 0 Å². The number of esters is 3. The van der Waals surface area contributed by atoms with Gasteiger partial charge in [-0.2, -0.15) is 0 Å². The van der Waals surface area contributed by atoms with Gasteiger partial charge in [-0.1, -0.05) is 30.4 Å². The summed E-state index contributed by atoms with van der Waals surface area (Å²) >= 11 is 6.18. The normalized spacial score (nSPS) is 35.0. The van der Waals surface area contributed by atoms with Gasteiger partial charge in [0.05, 0.1) is 41.3 Å². The maximum absolute atomic E-state index is 13.1. The molecule has 1 saturated carbocycles. The number of rotatable bonds is 7. The number of hydrogen-bond acceptors (Lipinski definition) is 9. The molecule has 1 aliphatic heterocycles. The van der Waals surface area contributed by atoms with Crippen molar-refractivity contribution >= 4 is 29.5 Å². The molecule has 7 atom stereocenters. The molecule has 0 radical (unpaired) electrons. The lowest BCUT2D eigenvalue weighted by Gasteiger charge is -2.38. The molecule has 3 N–H and O–H groups in total. The molecular formula is C25H31ClO9. The Labute approximate surface area is 208 Å². The highest BCUT2D eigenvalue weighted by molar-refractivity contribution is 6.18. The van der Waals surface area contributed by atoms with E-state index in [1.165, 1.54) is 12.2 Å². The van der Waals surface area contributed by atoms with Gasteiger partial charge in [-0.15, -0.1) is 11.6 Å². The van der Waals surface area contributed by atoms with Crippen molar-refractivity contribution in [2.75, 3.05) is 19.1 Å². The highest BCUT2D eigenvalue weighted by atomic mass is 35.5. The first-order valence-corrected chi connectivity index (χ1v) is 11.9. The number of carbonyl (C=O) groups excluding carboxylic acids is 3. The summed E-state index contributed by atoms with van der Waals surface area (Å²) in [5.74, 6) is -4.55. The molecule has 0 spiro atoms. The van der Waals surface area contributed by atoms with E-state index < -0.39 is 72.8 Å². The van der Waals surface area contributed by atoms with Crippen LogP contribution in [0.1, 0.15) is 27.2 Å². The van der Waals surface area contributed by atoms with E-state index in [4.69, 9.17) is 25.8 Å². The van der Waals surface area contributed by atoms with E-state index in [9.17, 15) is 29.7 Å². The monoisotopic (exact) mass is 510 g/mol. The average Bonchev–Trinajstić information content (AvgIpc) is 3.24. The molecule has 9 nitrogen and oxygen atoms in total. The third kappa shape index (κ3) is 4.95. The molecule has 0 aromatic carbocycles. The summed E-state index contributed by atoms with van der Waals surface area (Å²) in [5, 5.41) is 31.4. The van der Waals surface area contributed by atoms with E-state index in [1.54, 1.807) is 26.8 Å². The standard InChI is InChI=1S/C25H31ClO9/c1-5-14(9-27)23(30)33-10-15(6-2)24(31)34-17-8-25(32,11-26)20-16(28)7-12(3)18(20)21-19(17)13(4)22(29)35-21/h5-7,16-21,27-28,32H,4,8-11H2,1-3H3. The summed E-state index contributed by atoms with van der Waals surface area (Å²) in [6, 6.07) is 0. The zero-order valence-electron chi connectivity index (χ0n) is 19.9. The van der Waals surface area contributed by atoms with E-state index >= 15 is 0 Å². The lowest BCUT2D eigenvalue weighted by molar-refractivity contribution is -0.151. The molecule has 192 valence electrons. The smallest absolute Gasteiger partial charge is 0.337 e. The topological polar surface area (TPSA) is 140 Å². The van der Waals surface area contributed by atoms with E-state index in [0.717, 1.165) is 5.57 Å². The number of alkyl halides is 1. The number of carbonyl (C=O) groups is 3. The van der Waals surface area contributed by atoms with E-state index in [1.807, 2.05) is 0 Å². The Hall–Kier alpha value is -2.46. The van der Waals surface area contributed by atoms with Crippen molar-refractivity contribution < 1.29 is 43.9 Å². The van der Waals surface area contributed by atoms with Crippen LogP contribution in [0.4, 0.5) is 0 Å². The molecule has 35 heavy (non-hydrogen) atoms. The highest BCUT2D eigenvalue weighted by Gasteiger charge is 2.62. The maximum atomic E-state index is 13.1. The van der Waals surface area contributed by atoms with Crippen LogP contribution in [0.15, 0.2) is 47.1 Å². The summed E-state index contributed by atoms with van der Waals surface area (Å²) in [6.07, 6.45) is 1.39. The van der Waals surface area contributed by atoms with Crippen LogP contribution >= 0.6 is 11.6 Å². The van der Waals surface area contributed by atoms with Crippen LogP contribution in [-0.2, 0) is 28.6 Å². The number of allylic oxidation sites excluding steroid dienone is 2. The van der Waals surface area contributed by atoms with Crippen molar-refractivity contribution in [2.24, 2.45) is 17.8 Å². The van der Waals surface area contributed by atoms with Gasteiger partial charge in [0, 0.05) is 23.8 Å².